The van der Waals surface area contributed by atoms with Gasteiger partial charge in [0.15, 0.2) is 5.43 Å². The number of aromatic nitrogens is 2. The minimum absolute atomic E-state index is 0.0486. The van der Waals surface area contributed by atoms with Gasteiger partial charge in [-0.1, -0.05) is 15.9 Å². The molecule has 30 heavy (non-hydrogen) atoms. The number of rotatable bonds is 5. The van der Waals surface area contributed by atoms with Crippen molar-refractivity contribution < 1.29 is 9.53 Å². The van der Waals surface area contributed by atoms with Crippen molar-refractivity contribution in [2.24, 2.45) is 0 Å². The van der Waals surface area contributed by atoms with Crippen molar-refractivity contribution in [1.82, 2.24) is 9.97 Å². The average molecular weight is 469 g/mol. The van der Waals surface area contributed by atoms with Crippen molar-refractivity contribution in [3.05, 3.63) is 55.3 Å². The number of ether oxygens (including phenoxy) is 1. The van der Waals surface area contributed by atoms with E-state index >= 15 is 0 Å². The van der Waals surface area contributed by atoms with E-state index < -0.39 is 0 Å². The van der Waals surface area contributed by atoms with Crippen LogP contribution in [0.3, 0.4) is 0 Å². The number of esters is 1. The van der Waals surface area contributed by atoms with Gasteiger partial charge >= 0.3 is 5.97 Å². The Hall–Kier alpha value is -2.60. The molecule has 0 atom stereocenters. The third-order valence-electron chi connectivity index (χ3n) is 5.89. The number of carbonyl (C=O) groups excluding carboxylic acids is 1. The van der Waals surface area contributed by atoms with E-state index in [9.17, 15) is 9.59 Å². The summed E-state index contributed by atoms with van der Waals surface area (Å²) in [5.74, 6) is -0.217. The van der Waals surface area contributed by atoms with E-state index in [4.69, 9.17) is 4.74 Å². The van der Waals surface area contributed by atoms with Crippen LogP contribution in [0, 0.1) is 20.8 Å². The standard InChI is InChI=1S/C24H25BrN2O3/c1-5-30-19(28)8-6-7-16-14(4)26-23-12(2)20-17-11-15(25)9-10-18(17)27-22(20)13(3)21(23)24(16)29/h9-11,27H,5-8H2,1-4H3,(H,26,29). The molecule has 2 aromatic carbocycles. The number of H-pyrrole nitrogens is 2. The number of aromatic amines is 2. The third kappa shape index (κ3) is 3.33. The van der Waals surface area contributed by atoms with E-state index in [1.54, 1.807) is 6.92 Å². The summed E-state index contributed by atoms with van der Waals surface area (Å²) in [4.78, 5) is 32.1. The molecule has 0 unspecified atom stereocenters. The van der Waals surface area contributed by atoms with Gasteiger partial charge in [-0.3, -0.25) is 9.59 Å². The van der Waals surface area contributed by atoms with Gasteiger partial charge in [-0.25, -0.2) is 0 Å². The molecule has 0 radical (unpaired) electrons. The Labute approximate surface area is 182 Å². The van der Waals surface area contributed by atoms with Gasteiger partial charge in [0.2, 0.25) is 0 Å². The van der Waals surface area contributed by atoms with Crippen molar-refractivity contribution in [2.75, 3.05) is 6.61 Å². The van der Waals surface area contributed by atoms with Gasteiger partial charge < -0.3 is 14.7 Å². The number of carbonyl (C=O) groups is 1. The van der Waals surface area contributed by atoms with Crippen molar-refractivity contribution >= 4 is 54.6 Å². The number of pyridine rings is 1. The Morgan fingerprint density at radius 2 is 1.77 bits per heavy atom. The largest absolute Gasteiger partial charge is 0.466 e. The SMILES string of the molecule is CCOC(=O)CCCc1c(C)[nH]c2c(C)c3c([nH]c4ccc(Br)cc43)c(C)c2c1=O. The lowest BCUT2D eigenvalue weighted by Crippen LogP contribution is -2.16. The fraction of sp³-hybridized carbons (Fsp3) is 0.333. The van der Waals surface area contributed by atoms with Crippen molar-refractivity contribution in [3.63, 3.8) is 0 Å². The molecule has 0 fully saturated rings. The van der Waals surface area contributed by atoms with Gasteiger partial charge in [0.1, 0.15) is 0 Å². The highest BCUT2D eigenvalue weighted by molar-refractivity contribution is 9.10. The summed E-state index contributed by atoms with van der Waals surface area (Å²) < 4.78 is 6.02. The molecule has 0 saturated heterocycles. The van der Waals surface area contributed by atoms with E-state index in [2.05, 4.69) is 45.0 Å². The van der Waals surface area contributed by atoms with Crippen LogP contribution >= 0.6 is 15.9 Å². The summed E-state index contributed by atoms with van der Waals surface area (Å²) in [6.07, 6.45) is 1.46. The van der Waals surface area contributed by atoms with Gasteiger partial charge in [-0.2, -0.15) is 0 Å². The second kappa shape index (κ2) is 7.91. The normalized spacial score (nSPS) is 11.6. The molecule has 0 aliphatic rings. The molecule has 0 aliphatic heterocycles. The molecule has 0 aliphatic carbocycles. The van der Waals surface area contributed by atoms with Crippen LogP contribution in [0.2, 0.25) is 0 Å². The molecular weight excluding hydrogens is 444 g/mol. The van der Waals surface area contributed by atoms with Gasteiger partial charge in [0.05, 0.1) is 23.0 Å². The fourth-order valence-corrected chi connectivity index (χ4v) is 4.79. The van der Waals surface area contributed by atoms with Crippen LogP contribution < -0.4 is 5.43 Å². The minimum Gasteiger partial charge on any atom is -0.466 e. The number of halogens is 1. The lowest BCUT2D eigenvalue weighted by molar-refractivity contribution is -0.143. The average Bonchev–Trinajstić information content (AvgIpc) is 3.07. The molecule has 2 N–H and O–H groups in total. The Bertz CT molecular complexity index is 1360. The van der Waals surface area contributed by atoms with Crippen LogP contribution in [0.4, 0.5) is 0 Å². The highest BCUT2D eigenvalue weighted by Gasteiger charge is 2.19. The summed E-state index contributed by atoms with van der Waals surface area (Å²) in [6.45, 7) is 8.18. The third-order valence-corrected chi connectivity index (χ3v) is 6.38. The predicted octanol–water partition coefficient (Wildman–Crippen LogP) is 5.74. The second-order valence-corrected chi connectivity index (χ2v) is 8.70. The maximum atomic E-state index is 13.5. The van der Waals surface area contributed by atoms with E-state index in [1.165, 1.54) is 0 Å². The number of hydrogen-bond donors (Lipinski definition) is 2. The van der Waals surface area contributed by atoms with E-state index in [-0.39, 0.29) is 11.4 Å². The number of benzene rings is 2. The minimum atomic E-state index is -0.217. The van der Waals surface area contributed by atoms with Crippen LogP contribution in [0.1, 0.15) is 42.1 Å². The van der Waals surface area contributed by atoms with Crippen LogP contribution in [0.25, 0.3) is 32.7 Å². The first-order valence-electron chi connectivity index (χ1n) is 10.2. The summed E-state index contributed by atoms with van der Waals surface area (Å²) in [5.41, 5.74) is 6.60. The lowest BCUT2D eigenvalue weighted by atomic mass is 9.95. The van der Waals surface area contributed by atoms with Crippen LogP contribution in [0.15, 0.2) is 27.5 Å². The summed E-state index contributed by atoms with van der Waals surface area (Å²) in [6, 6.07) is 6.18. The van der Waals surface area contributed by atoms with Gasteiger partial charge in [0, 0.05) is 38.4 Å². The van der Waals surface area contributed by atoms with Crippen LogP contribution in [0.5, 0.6) is 0 Å². The Kier molecular flexibility index (Phi) is 5.45. The number of hydrogen-bond acceptors (Lipinski definition) is 3. The maximum Gasteiger partial charge on any atom is 0.305 e. The van der Waals surface area contributed by atoms with Crippen molar-refractivity contribution in [1.29, 1.82) is 0 Å². The lowest BCUT2D eigenvalue weighted by Gasteiger charge is -2.13. The quantitative estimate of drug-likeness (QED) is 0.366. The van der Waals surface area contributed by atoms with Gasteiger partial charge in [-0.15, -0.1) is 0 Å². The molecule has 0 spiro atoms. The van der Waals surface area contributed by atoms with E-state index in [1.807, 2.05) is 19.9 Å². The molecule has 0 bridgehead atoms. The number of aryl methyl sites for hydroxylation is 3. The molecule has 2 heterocycles. The predicted molar refractivity (Wildman–Crippen MR) is 125 cm³/mol. The summed E-state index contributed by atoms with van der Waals surface area (Å²) >= 11 is 3.57. The highest BCUT2D eigenvalue weighted by atomic mass is 79.9. The first-order valence-corrected chi connectivity index (χ1v) is 11.0. The zero-order valence-electron chi connectivity index (χ0n) is 17.7. The number of fused-ring (bicyclic) bond motifs is 4. The topological polar surface area (TPSA) is 75.0 Å². The molecule has 0 amide bonds. The summed E-state index contributed by atoms with van der Waals surface area (Å²) in [5, 5.41) is 3.00. The molecule has 6 heteroatoms. The first-order chi connectivity index (χ1) is 14.3. The van der Waals surface area contributed by atoms with Crippen molar-refractivity contribution in [3.8, 4) is 0 Å². The zero-order valence-corrected chi connectivity index (χ0v) is 19.2. The Balaban J connectivity index is 1.90. The fourth-order valence-electron chi connectivity index (χ4n) is 4.43. The molecule has 0 saturated carbocycles. The molecule has 4 rings (SSSR count). The molecular formula is C24H25BrN2O3. The van der Waals surface area contributed by atoms with Crippen molar-refractivity contribution in [2.45, 2.75) is 47.0 Å². The smallest absolute Gasteiger partial charge is 0.305 e. The van der Waals surface area contributed by atoms with E-state index in [0.717, 1.165) is 59.6 Å². The Morgan fingerprint density at radius 1 is 1.07 bits per heavy atom. The van der Waals surface area contributed by atoms with Gasteiger partial charge in [-0.05, 0) is 69.9 Å². The van der Waals surface area contributed by atoms with Crippen LogP contribution in [-0.4, -0.2) is 22.5 Å². The molecule has 2 aromatic heterocycles. The highest BCUT2D eigenvalue weighted by Crippen LogP contribution is 2.36. The molecule has 156 valence electrons. The maximum absolute atomic E-state index is 13.5. The summed E-state index contributed by atoms with van der Waals surface area (Å²) in [7, 11) is 0. The first kappa shape index (κ1) is 20.7. The second-order valence-electron chi connectivity index (χ2n) is 7.78. The van der Waals surface area contributed by atoms with Gasteiger partial charge in [0.25, 0.3) is 0 Å². The molecule has 5 nitrogen and oxygen atoms in total. The monoisotopic (exact) mass is 468 g/mol. The van der Waals surface area contributed by atoms with Crippen LogP contribution in [-0.2, 0) is 16.0 Å². The molecule has 4 aromatic rings. The van der Waals surface area contributed by atoms with E-state index in [0.29, 0.717) is 25.9 Å². The number of nitrogens with one attached hydrogen (secondary N) is 2. The zero-order chi connectivity index (χ0) is 21.6. The Morgan fingerprint density at radius 3 is 2.50 bits per heavy atom.